The van der Waals surface area contributed by atoms with Crippen LogP contribution in [-0.2, 0) is 24.2 Å². The van der Waals surface area contributed by atoms with E-state index in [1.165, 1.54) is 0 Å². The van der Waals surface area contributed by atoms with E-state index in [1.54, 1.807) is 7.11 Å². The van der Waals surface area contributed by atoms with Gasteiger partial charge < -0.3 is 14.2 Å². The Labute approximate surface area is 115 Å². The number of methoxy groups -OCH3 is 1. The van der Waals surface area contributed by atoms with Crippen LogP contribution in [0, 0.1) is 0 Å². The minimum atomic E-state index is -3.24. The third kappa shape index (κ3) is 8.51. The first kappa shape index (κ1) is 16.8. The summed E-state index contributed by atoms with van der Waals surface area (Å²) in [4.78, 5) is 2.18. The number of nitrogens with one attached hydrogen (secondary N) is 1. The second kappa shape index (κ2) is 9.62. The average molecular weight is 296 g/mol. The molecule has 1 rings (SSSR count). The summed E-state index contributed by atoms with van der Waals surface area (Å²) >= 11 is 0. The van der Waals surface area contributed by atoms with Crippen LogP contribution in [0.1, 0.15) is 0 Å². The summed E-state index contributed by atoms with van der Waals surface area (Å²) in [6.07, 6.45) is 0. The normalized spacial score (nSPS) is 17.7. The van der Waals surface area contributed by atoms with E-state index < -0.39 is 10.0 Å². The highest BCUT2D eigenvalue weighted by Crippen LogP contribution is 1.95. The number of ether oxygens (including phenoxy) is 3. The summed E-state index contributed by atoms with van der Waals surface area (Å²) in [6, 6.07) is 0. The van der Waals surface area contributed by atoms with Gasteiger partial charge in [-0.2, -0.15) is 0 Å². The van der Waals surface area contributed by atoms with Gasteiger partial charge >= 0.3 is 0 Å². The first-order valence-corrected chi connectivity index (χ1v) is 8.13. The number of sulfonamides is 1. The molecule has 1 heterocycles. The Kier molecular flexibility index (Phi) is 8.51. The predicted molar refractivity (Wildman–Crippen MR) is 71.7 cm³/mol. The molecule has 0 amide bonds. The van der Waals surface area contributed by atoms with E-state index in [1.807, 2.05) is 0 Å². The molecule has 1 saturated heterocycles. The molecule has 7 nitrogen and oxygen atoms in total. The van der Waals surface area contributed by atoms with Gasteiger partial charge in [-0.15, -0.1) is 0 Å². The van der Waals surface area contributed by atoms with Crippen LogP contribution in [0.3, 0.4) is 0 Å². The summed E-state index contributed by atoms with van der Waals surface area (Å²) in [5.74, 6) is -0.0141. The van der Waals surface area contributed by atoms with Gasteiger partial charge in [0.15, 0.2) is 0 Å². The molecule has 0 unspecified atom stereocenters. The smallest absolute Gasteiger partial charge is 0.213 e. The second-order valence-electron chi connectivity index (χ2n) is 4.27. The summed E-state index contributed by atoms with van der Waals surface area (Å²) in [6.45, 7) is 5.40. The van der Waals surface area contributed by atoms with Crippen molar-refractivity contribution in [3.05, 3.63) is 0 Å². The molecule has 0 spiro atoms. The van der Waals surface area contributed by atoms with Crippen LogP contribution < -0.4 is 4.72 Å². The molecule has 0 atom stereocenters. The molecule has 1 aliphatic heterocycles. The summed E-state index contributed by atoms with van der Waals surface area (Å²) < 4.78 is 41.0. The maximum absolute atomic E-state index is 11.6. The highest BCUT2D eigenvalue weighted by atomic mass is 32.2. The number of hydrogen-bond donors (Lipinski definition) is 1. The zero-order valence-corrected chi connectivity index (χ0v) is 12.3. The Morgan fingerprint density at radius 1 is 1.21 bits per heavy atom. The topological polar surface area (TPSA) is 77.1 Å². The average Bonchev–Trinajstić information content (AvgIpc) is 2.39. The third-order valence-electron chi connectivity index (χ3n) is 2.78. The van der Waals surface area contributed by atoms with Crippen LogP contribution in [0.25, 0.3) is 0 Å². The van der Waals surface area contributed by atoms with Crippen LogP contribution in [0.2, 0.25) is 0 Å². The number of rotatable bonds is 10. The monoisotopic (exact) mass is 296 g/mol. The van der Waals surface area contributed by atoms with Crippen molar-refractivity contribution in [1.82, 2.24) is 9.62 Å². The maximum Gasteiger partial charge on any atom is 0.213 e. The third-order valence-corrected chi connectivity index (χ3v) is 4.13. The van der Waals surface area contributed by atoms with Crippen LogP contribution in [0.15, 0.2) is 0 Å². The second-order valence-corrected chi connectivity index (χ2v) is 6.20. The fourth-order valence-electron chi connectivity index (χ4n) is 1.67. The molecule has 0 aromatic rings. The largest absolute Gasteiger partial charge is 0.382 e. The molecular formula is C11H24N2O5S. The lowest BCUT2D eigenvalue weighted by Crippen LogP contribution is -2.41. The molecule has 1 fully saturated rings. The van der Waals surface area contributed by atoms with Crippen molar-refractivity contribution in [3.63, 3.8) is 0 Å². The van der Waals surface area contributed by atoms with Gasteiger partial charge in [-0.05, 0) is 0 Å². The predicted octanol–water partition coefficient (Wildman–Crippen LogP) is -1.10. The van der Waals surface area contributed by atoms with E-state index in [0.717, 1.165) is 26.3 Å². The van der Waals surface area contributed by atoms with Crippen molar-refractivity contribution in [2.45, 2.75) is 0 Å². The van der Waals surface area contributed by atoms with Crippen LogP contribution in [-0.4, -0.2) is 85.4 Å². The van der Waals surface area contributed by atoms with E-state index >= 15 is 0 Å². The van der Waals surface area contributed by atoms with Gasteiger partial charge in [0.2, 0.25) is 10.0 Å². The highest BCUT2D eigenvalue weighted by Gasteiger charge is 2.13. The molecule has 8 heteroatoms. The minimum Gasteiger partial charge on any atom is -0.382 e. The zero-order valence-electron chi connectivity index (χ0n) is 11.5. The van der Waals surface area contributed by atoms with Crippen LogP contribution >= 0.6 is 0 Å². The fraction of sp³-hybridized carbons (Fsp3) is 1.00. The van der Waals surface area contributed by atoms with Gasteiger partial charge in [0, 0.05) is 33.3 Å². The van der Waals surface area contributed by atoms with Gasteiger partial charge in [0.25, 0.3) is 0 Å². The van der Waals surface area contributed by atoms with Crippen molar-refractivity contribution >= 4 is 10.0 Å². The highest BCUT2D eigenvalue weighted by molar-refractivity contribution is 7.89. The molecule has 114 valence electrons. The van der Waals surface area contributed by atoms with Crippen LogP contribution in [0.4, 0.5) is 0 Å². The first-order valence-electron chi connectivity index (χ1n) is 6.48. The Bertz CT molecular complexity index is 317. The standard InChI is InChI=1S/C11H24N2O5S/c1-16-8-9-18-10-11-19(14,15)12-2-3-13-4-6-17-7-5-13/h12H,2-11H2,1H3. The number of hydrogen-bond acceptors (Lipinski definition) is 6. The molecule has 19 heavy (non-hydrogen) atoms. The summed E-state index contributed by atoms with van der Waals surface area (Å²) in [5.41, 5.74) is 0. The van der Waals surface area contributed by atoms with Crippen LogP contribution in [0.5, 0.6) is 0 Å². The van der Waals surface area contributed by atoms with Crippen molar-refractivity contribution in [2.24, 2.45) is 0 Å². The van der Waals surface area contributed by atoms with Gasteiger partial charge in [-0.25, -0.2) is 13.1 Å². The molecule has 1 aliphatic rings. The van der Waals surface area contributed by atoms with E-state index in [-0.39, 0.29) is 12.4 Å². The Morgan fingerprint density at radius 3 is 2.63 bits per heavy atom. The zero-order chi connectivity index (χ0) is 14.0. The van der Waals surface area contributed by atoms with E-state index in [4.69, 9.17) is 14.2 Å². The molecule has 0 radical (unpaired) electrons. The SMILES string of the molecule is COCCOCCS(=O)(=O)NCCN1CCOCC1. The molecule has 0 aliphatic carbocycles. The lowest BCUT2D eigenvalue weighted by atomic mass is 10.4. The fourth-order valence-corrected chi connectivity index (χ4v) is 2.55. The molecule has 0 saturated carbocycles. The minimum absolute atomic E-state index is 0.0141. The van der Waals surface area contributed by atoms with Crippen molar-refractivity contribution in [1.29, 1.82) is 0 Å². The van der Waals surface area contributed by atoms with E-state index in [0.29, 0.717) is 26.3 Å². The lowest BCUT2D eigenvalue weighted by Gasteiger charge is -2.26. The summed E-state index contributed by atoms with van der Waals surface area (Å²) in [7, 11) is -1.67. The Hall–Kier alpha value is -0.250. The Morgan fingerprint density at radius 2 is 1.95 bits per heavy atom. The molecule has 0 aromatic heterocycles. The van der Waals surface area contributed by atoms with Gasteiger partial charge in [0.1, 0.15) is 0 Å². The maximum atomic E-state index is 11.6. The first-order chi connectivity index (χ1) is 9.14. The molecule has 0 bridgehead atoms. The number of nitrogens with zero attached hydrogens (tertiary/aromatic N) is 1. The van der Waals surface area contributed by atoms with E-state index in [2.05, 4.69) is 9.62 Å². The number of morpholine rings is 1. The Balaban J connectivity index is 2.05. The van der Waals surface area contributed by atoms with Crippen molar-refractivity contribution in [2.75, 3.05) is 72.1 Å². The molecular weight excluding hydrogens is 272 g/mol. The van der Waals surface area contributed by atoms with Crippen molar-refractivity contribution < 1.29 is 22.6 Å². The van der Waals surface area contributed by atoms with Gasteiger partial charge in [-0.1, -0.05) is 0 Å². The lowest BCUT2D eigenvalue weighted by molar-refractivity contribution is 0.0390. The summed E-state index contributed by atoms with van der Waals surface area (Å²) in [5, 5.41) is 0. The molecule has 1 N–H and O–H groups in total. The quantitative estimate of drug-likeness (QED) is 0.516. The molecule has 0 aromatic carbocycles. The van der Waals surface area contributed by atoms with E-state index in [9.17, 15) is 8.42 Å². The van der Waals surface area contributed by atoms with Gasteiger partial charge in [0.05, 0.1) is 38.8 Å². The van der Waals surface area contributed by atoms with Crippen molar-refractivity contribution in [3.8, 4) is 0 Å². The van der Waals surface area contributed by atoms with Gasteiger partial charge in [-0.3, -0.25) is 4.90 Å².